The summed E-state index contributed by atoms with van der Waals surface area (Å²) in [6.07, 6.45) is 0.487. The zero-order chi connectivity index (χ0) is 18.7. The van der Waals surface area contributed by atoms with Gasteiger partial charge in [0.1, 0.15) is 0 Å². The Morgan fingerprint density at radius 2 is 2.04 bits per heavy atom. The van der Waals surface area contributed by atoms with E-state index in [1.807, 2.05) is 32.0 Å². The van der Waals surface area contributed by atoms with Gasteiger partial charge in [0.25, 0.3) is 0 Å². The first-order chi connectivity index (χ1) is 12.3. The molecule has 0 unspecified atom stereocenters. The van der Waals surface area contributed by atoms with E-state index in [-0.39, 0.29) is 29.2 Å². The molecule has 140 valence electrons. The van der Waals surface area contributed by atoms with Gasteiger partial charge >= 0.3 is 0 Å². The number of para-hydroxylation sites is 1. The molecule has 1 saturated heterocycles. The molecule has 1 amide bonds. The van der Waals surface area contributed by atoms with E-state index in [0.29, 0.717) is 15.9 Å². The predicted molar refractivity (Wildman–Crippen MR) is 105 cm³/mol. The van der Waals surface area contributed by atoms with E-state index in [9.17, 15) is 13.2 Å². The summed E-state index contributed by atoms with van der Waals surface area (Å²) >= 11 is 2.68. The van der Waals surface area contributed by atoms with Crippen molar-refractivity contribution in [3.8, 4) is 0 Å². The SMILES string of the molecule is Cc1cccc(C)c1Nc1nnc(SCC(=O)N[C@@H]2CCS(=O)(=O)C2)s1. The lowest BCUT2D eigenvalue weighted by atomic mass is 10.1. The lowest BCUT2D eigenvalue weighted by Crippen LogP contribution is -2.36. The van der Waals surface area contributed by atoms with Crippen molar-refractivity contribution in [3.05, 3.63) is 29.3 Å². The number of nitrogens with zero attached hydrogens (tertiary/aromatic N) is 2. The molecule has 2 aromatic rings. The number of sulfone groups is 1. The number of rotatable bonds is 6. The van der Waals surface area contributed by atoms with Crippen LogP contribution in [-0.4, -0.2) is 47.8 Å². The molecule has 1 aliphatic heterocycles. The molecule has 0 saturated carbocycles. The first kappa shape index (κ1) is 19.1. The molecular formula is C16H20N4O3S3. The lowest BCUT2D eigenvalue weighted by molar-refractivity contribution is -0.119. The molecule has 0 aliphatic carbocycles. The van der Waals surface area contributed by atoms with Gasteiger partial charge in [-0.3, -0.25) is 4.79 Å². The standard InChI is InChI=1S/C16H20N4O3S3/c1-10-4-3-5-11(2)14(10)18-15-19-20-16(25-15)24-8-13(21)17-12-6-7-26(22,23)9-12/h3-5,12H,6-9H2,1-2H3,(H,17,21)(H,18,19)/t12-/m1/s1. The number of benzene rings is 1. The molecule has 2 heterocycles. The van der Waals surface area contributed by atoms with E-state index < -0.39 is 9.84 Å². The van der Waals surface area contributed by atoms with E-state index in [4.69, 9.17) is 0 Å². The number of anilines is 2. The molecule has 1 aromatic carbocycles. The average Bonchev–Trinajstić information content (AvgIpc) is 3.15. The Morgan fingerprint density at radius 1 is 1.31 bits per heavy atom. The molecule has 7 nitrogen and oxygen atoms in total. The summed E-state index contributed by atoms with van der Waals surface area (Å²) in [6, 6.07) is 5.79. The molecule has 1 fully saturated rings. The molecule has 1 aromatic heterocycles. The number of nitrogens with one attached hydrogen (secondary N) is 2. The van der Waals surface area contributed by atoms with E-state index in [0.717, 1.165) is 16.8 Å². The molecule has 0 radical (unpaired) electrons. The first-order valence-electron chi connectivity index (χ1n) is 8.12. The number of aromatic nitrogens is 2. The number of carbonyl (C=O) groups is 1. The average molecular weight is 413 g/mol. The second-order valence-electron chi connectivity index (χ2n) is 6.22. The van der Waals surface area contributed by atoms with Gasteiger partial charge < -0.3 is 10.6 Å². The van der Waals surface area contributed by atoms with Crippen molar-refractivity contribution < 1.29 is 13.2 Å². The molecule has 0 spiro atoms. The van der Waals surface area contributed by atoms with Gasteiger partial charge in [-0.05, 0) is 31.4 Å². The van der Waals surface area contributed by atoms with Gasteiger partial charge in [0.2, 0.25) is 11.0 Å². The molecule has 1 aliphatic rings. The molecule has 1 atom stereocenters. The third kappa shape index (κ3) is 4.95. The van der Waals surface area contributed by atoms with Crippen LogP contribution in [0, 0.1) is 13.8 Å². The molecule has 2 N–H and O–H groups in total. The van der Waals surface area contributed by atoms with Crippen LogP contribution in [0.1, 0.15) is 17.5 Å². The van der Waals surface area contributed by atoms with E-state index in [1.165, 1.54) is 23.1 Å². The Morgan fingerprint density at radius 3 is 2.69 bits per heavy atom. The predicted octanol–water partition coefficient (Wildman–Crippen LogP) is 2.29. The zero-order valence-electron chi connectivity index (χ0n) is 14.5. The van der Waals surface area contributed by atoms with Crippen molar-refractivity contribution in [2.45, 2.75) is 30.6 Å². The maximum Gasteiger partial charge on any atom is 0.230 e. The number of carbonyl (C=O) groups excluding carboxylic acids is 1. The van der Waals surface area contributed by atoms with Gasteiger partial charge in [0, 0.05) is 11.7 Å². The fourth-order valence-corrected chi connectivity index (χ4v) is 5.98. The number of hydrogen-bond donors (Lipinski definition) is 2. The second kappa shape index (κ2) is 7.93. The van der Waals surface area contributed by atoms with Crippen molar-refractivity contribution in [2.75, 3.05) is 22.6 Å². The minimum atomic E-state index is -2.99. The summed E-state index contributed by atoms with van der Waals surface area (Å²) in [7, 11) is -2.99. The fourth-order valence-electron chi connectivity index (χ4n) is 2.74. The fraction of sp³-hybridized carbons (Fsp3) is 0.438. The monoisotopic (exact) mass is 412 g/mol. The van der Waals surface area contributed by atoms with Crippen LogP contribution in [0.15, 0.2) is 22.5 Å². The largest absolute Gasteiger partial charge is 0.352 e. The maximum absolute atomic E-state index is 12.0. The van der Waals surface area contributed by atoms with E-state index in [2.05, 4.69) is 20.8 Å². The van der Waals surface area contributed by atoms with Crippen LogP contribution >= 0.6 is 23.1 Å². The molecule has 10 heteroatoms. The van der Waals surface area contributed by atoms with Gasteiger partial charge in [0.05, 0.1) is 17.3 Å². The van der Waals surface area contributed by atoms with Crippen molar-refractivity contribution >= 4 is 49.7 Å². The van der Waals surface area contributed by atoms with Crippen molar-refractivity contribution in [2.24, 2.45) is 0 Å². The normalized spacial score (nSPS) is 18.6. The van der Waals surface area contributed by atoms with Crippen molar-refractivity contribution in [1.29, 1.82) is 0 Å². The molecule has 0 bridgehead atoms. The van der Waals surface area contributed by atoms with Crippen molar-refractivity contribution in [1.82, 2.24) is 15.5 Å². The highest BCUT2D eigenvalue weighted by Crippen LogP contribution is 2.30. The van der Waals surface area contributed by atoms with Crippen LogP contribution in [0.2, 0.25) is 0 Å². The third-order valence-corrected chi connectivity index (χ3v) is 7.78. The van der Waals surface area contributed by atoms with Crippen LogP contribution < -0.4 is 10.6 Å². The number of aryl methyl sites for hydroxylation is 2. The Hall–Kier alpha value is -1.65. The van der Waals surface area contributed by atoms with Crippen molar-refractivity contribution in [3.63, 3.8) is 0 Å². The highest BCUT2D eigenvalue weighted by atomic mass is 32.2. The summed E-state index contributed by atoms with van der Waals surface area (Å²) in [5.74, 6) is 0.187. The van der Waals surface area contributed by atoms with Crippen LogP contribution in [0.25, 0.3) is 0 Å². The first-order valence-corrected chi connectivity index (χ1v) is 11.7. The van der Waals surface area contributed by atoms with Crippen LogP contribution in [0.3, 0.4) is 0 Å². The molecular weight excluding hydrogens is 392 g/mol. The highest BCUT2D eigenvalue weighted by Gasteiger charge is 2.28. The minimum absolute atomic E-state index is 0.0338. The van der Waals surface area contributed by atoms with Crippen LogP contribution in [0.5, 0.6) is 0 Å². The van der Waals surface area contributed by atoms with Gasteiger partial charge in [0.15, 0.2) is 14.2 Å². The van der Waals surface area contributed by atoms with Crippen LogP contribution in [-0.2, 0) is 14.6 Å². The summed E-state index contributed by atoms with van der Waals surface area (Å²) in [5.41, 5.74) is 3.26. The number of amides is 1. The summed E-state index contributed by atoms with van der Waals surface area (Å²) in [6.45, 7) is 4.05. The Kier molecular flexibility index (Phi) is 5.83. The van der Waals surface area contributed by atoms with Crippen LogP contribution in [0.4, 0.5) is 10.8 Å². The third-order valence-electron chi connectivity index (χ3n) is 4.04. The van der Waals surface area contributed by atoms with Gasteiger partial charge in [-0.1, -0.05) is 41.3 Å². The molecule has 3 rings (SSSR count). The minimum Gasteiger partial charge on any atom is -0.352 e. The summed E-state index contributed by atoms with van der Waals surface area (Å²) < 4.78 is 23.5. The quantitative estimate of drug-likeness (QED) is 0.702. The van der Waals surface area contributed by atoms with E-state index in [1.54, 1.807) is 0 Å². The lowest BCUT2D eigenvalue weighted by Gasteiger charge is -2.09. The topological polar surface area (TPSA) is 101 Å². The van der Waals surface area contributed by atoms with Gasteiger partial charge in [-0.2, -0.15) is 0 Å². The van der Waals surface area contributed by atoms with Gasteiger partial charge in [-0.25, -0.2) is 8.42 Å². The Bertz CT molecular complexity index is 891. The van der Waals surface area contributed by atoms with E-state index >= 15 is 0 Å². The smallest absolute Gasteiger partial charge is 0.230 e. The molecule has 26 heavy (non-hydrogen) atoms. The van der Waals surface area contributed by atoms with Gasteiger partial charge in [-0.15, -0.1) is 10.2 Å². The second-order valence-corrected chi connectivity index (χ2v) is 10.6. The highest BCUT2D eigenvalue weighted by molar-refractivity contribution is 8.01. The Labute approximate surface area is 160 Å². The number of thioether (sulfide) groups is 1. The summed E-state index contributed by atoms with van der Waals surface area (Å²) in [5, 5.41) is 14.9. The Balaban J connectivity index is 1.52. The number of hydrogen-bond acceptors (Lipinski definition) is 8. The zero-order valence-corrected chi connectivity index (χ0v) is 16.9. The maximum atomic E-state index is 12.0. The summed E-state index contributed by atoms with van der Waals surface area (Å²) in [4.78, 5) is 12.0.